The maximum absolute atomic E-state index is 2.60. The Kier molecular flexibility index (Phi) is 8.00. The molecule has 0 N–H and O–H groups in total. The highest BCUT2D eigenvalue weighted by molar-refractivity contribution is 6.13. The Morgan fingerprint density at radius 2 is 0.862 bits per heavy atom. The summed E-state index contributed by atoms with van der Waals surface area (Å²) in [5, 5.41) is 5.17. The van der Waals surface area contributed by atoms with Crippen LogP contribution in [0.1, 0.15) is 109 Å². The molecule has 1 nitrogen and oxygen atoms in total. The quantitative estimate of drug-likeness (QED) is 0.169. The van der Waals surface area contributed by atoms with Gasteiger partial charge in [0.15, 0.2) is 0 Å². The van der Waals surface area contributed by atoms with Crippen LogP contribution < -0.4 is 4.90 Å². The summed E-state index contributed by atoms with van der Waals surface area (Å²) in [6.07, 6.45) is 13.4. The summed E-state index contributed by atoms with van der Waals surface area (Å²) in [6, 6.07) is 63.6. The van der Waals surface area contributed by atoms with E-state index in [2.05, 4.69) is 169 Å². The summed E-state index contributed by atoms with van der Waals surface area (Å²) in [4.78, 5) is 2.58. The fraction of sp³-hybridized carbons (Fsp3) is 0.228. The van der Waals surface area contributed by atoms with E-state index in [1.807, 2.05) is 0 Å². The summed E-state index contributed by atoms with van der Waals surface area (Å²) in [7, 11) is 0. The van der Waals surface area contributed by atoms with Crippen LogP contribution in [-0.4, -0.2) is 0 Å². The molecule has 0 saturated heterocycles. The zero-order valence-corrected chi connectivity index (χ0v) is 33.3. The minimum Gasteiger partial charge on any atom is -0.310 e. The van der Waals surface area contributed by atoms with E-state index < -0.39 is 5.41 Å². The Bertz CT molecular complexity index is 2740. The molecule has 12 rings (SSSR count). The lowest BCUT2D eigenvalue weighted by atomic mass is 9.70. The van der Waals surface area contributed by atoms with Crippen LogP contribution in [0.15, 0.2) is 164 Å². The second kappa shape index (κ2) is 13.6. The second-order valence-corrected chi connectivity index (χ2v) is 17.6. The highest BCUT2D eigenvalue weighted by atomic mass is 15.1. The fourth-order valence-corrected chi connectivity index (χ4v) is 11.9. The van der Waals surface area contributed by atoms with E-state index in [-0.39, 0.29) is 0 Å². The Morgan fingerprint density at radius 1 is 0.379 bits per heavy atom. The Hall–Kier alpha value is -5.92. The summed E-state index contributed by atoms with van der Waals surface area (Å²) >= 11 is 0. The SMILES string of the molecule is c1ccc2c(c1)-c1ccccc1C21c2cc3ccccc3cc2-c2c1cc(N(c1ccc(C3CCCCC3)cc1)c1ccc(C3CCCCC3)cc1)c1ccccc21. The molecule has 2 saturated carbocycles. The van der Waals surface area contributed by atoms with Gasteiger partial charge in [0.05, 0.1) is 11.1 Å². The molecule has 4 aliphatic rings. The molecular formula is C57H49N. The second-order valence-electron chi connectivity index (χ2n) is 17.6. The number of hydrogen-bond donors (Lipinski definition) is 0. The van der Waals surface area contributed by atoms with Crippen LogP contribution in [-0.2, 0) is 5.41 Å². The first-order chi connectivity index (χ1) is 28.8. The van der Waals surface area contributed by atoms with Gasteiger partial charge in [0, 0.05) is 16.8 Å². The lowest BCUT2D eigenvalue weighted by Gasteiger charge is -2.33. The minimum atomic E-state index is -0.456. The molecular weight excluding hydrogens is 699 g/mol. The van der Waals surface area contributed by atoms with Gasteiger partial charge in [-0.3, -0.25) is 0 Å². The topological polar surface area (TPSA) is 3.24 Å². The largest absolute Gasteiger partial charge is 0.310 e. The number of nitrogens with zero attached hydrogens (tertiary/aromatic N) is 1. The van der Waals surface area contributed by atoms with Crippen LogP contribution in [0.3, 0.4) is 0 Å². The molecule has 0 unspecified atom stereocenters. The van der Waals surface area contributed by atoms with Crippen LogP contribution in [0.5, 0.6) is 0 Å². The normalized spacial score (nSPS) is 17.0. The first kappa shape index (κ1) is 34.1. The first-order valence-electron chi connectivity index (χ1n) is 22.1. The number of anilines is 3. The highest BCUT2D eigenvalue weighted by Gasteiger charge is 2.52. The van der Waals surface area contributed by atoms with E-state index in [1.54, 1.807) is 0 Å². The van der Waals surface area contributed by atoms with E-state index in [1.165, 1.54) is 158 Å². The standard InChI is InChI=1S/C57H49N/c1-3-15-38(16-4-1)40-27-31-44(32-28-40)58(45-33-29-41(30-34-45)39-17-5-2-6-18-39)55-37-54-56(49-24-10-9-23-48(49)55)50-35-42-19-7-8-20-43(42)36-53(50)57(54)51-25-13-11-21-46(51)47-22-12-14-26-52(47)57/h7-14,19-39H,1-6,15-18H2. The van der Waals surface area contributed by atoms with Crippen molar-refractivity contribution in [2.45, 2.75) is 81.5 Å². The predicted octanol–water partition coefficient (Wildman–Crippen LogP) is 15.9. The third-order valence-corrected chi connectivity index (χ3v) is 14.6. The van der Waals surface area contributed by atoms with E-state index in [0.29, 0.717) is 11.8 Å². The number of rotatable bonds is 5. The van der Waals surface area contributed by atoms with Gasteiger partial charge in [0.25, 0.3) is 0 Å². The molecule has 8 aromatic rings. The van der Waals surface area contributed by atoms with Crippen LogP contribution in [0, 0.1) is 0 Å². The number of hydrogen-bond acceptors (Lipinski definition) is 1. The summed E-state index contributed by atoms with van der Waals surface area (Å²) in [6.45, 7) is 0. The van der Waals surface area contributed by atoms with E-state index in [4.69, 9.17) is 0 Å². The van der Waals surface area contributed by atoms with Crippen molar-refractivity contribution in [3.05, 3.63) is 197 Å². The zero-order chi connectivity index (χ0) is 38.2. The third kappa shape index (κ3) is 5.08. The molecule has 8 aromatic carbocycles. The van der Waals surface area contributed by atoms with Crippen LogP contribution >= 0.6 is 0 Å². The summed E-state index contributed by atoms with van der Waals surface area (Å²) in [5.74, 6) is 1.34. The molecule has 2 fully saturated rings. The van der Waals surface area contributed by atoms with Crippen molar-refractivity contribution in [2.24, 2.45) is 0 Å². The van der Waals surface area contributed by atoms with Crippen molar-refractivity contribution in [2.75, 3.05) is 4.90 Å². The molecule has 1 heteroatoms. The van der Waals surface area contributed by atoms with Gasteiger partial charge in [0.2, 0.25) is 0 Å². The van der Waals surface area contributed by atoms with Crippen molar-refractivity contribution < 1.29 is 0 Å². The summed E-state index contributed by atoms with van der Waals surface area (Å²) in [5.41, 5.74) is 17.2. The molecule has 58 heavy (non-hydrogen) atoms. The number of benzene rings is 8. The molecule has 1 spiro atoms. The average Bonchev–Trinajstić information content (AvgIpc) is 3.76. The fourth-order valence-electron chi connectivity index (χ4n) is 11.9. The lowest BCUT2D eigenvalue weighted by molar-refractivity contribution is 0.443. The smallest absolute Gasteiger partial charge is 0.0726 e. The van der Waals surface area contributed by atoms with E-state index in [0.717, 1.165) is 0 Å². The molecule has 0 amide bonds. The van der Waals surface area contributed by atoms with Gasteiger partial charge in [-0.2, -0.15) is 0 Å². The number of fused-ring (bicyclic) bond motifs is 13. The third-order valence-electron chi connectivity index (χ3n) is 14.6. The maximum Gasteiger partial charge on any atom is 0.0726 e. The van der Waals surface area contributed by atoms with E-state index >= 15 is 0 Å². The van der Waals surface area contributed by atoms with Crippen LogP contribution in [0.2, 0.25) is 0 Å². The van der Waals surface area contributed by atoms with Crippen molar-refractivity contribution in [3.8, 4) is 22.3 Å². The Labute approximate surface area is 343 Å². The van der Waals surface area contributed by atoms with E-state index in [9.17, 15) is 0 Å². The molecule has 0 aliphatic heterocycles. The monoisotopic (exact) mass is 747 g/mol. The summed E-state index contributed by atoms with van der Waals surface area (Å²) < 4.78 is 0. The van der Waals surface area contributed by atoms with Crippen LogP contribution in [0.4, 0.5) is 17.1 Å². The van der Waals surface area contributed by atoms with Crippen LogP contribution in [0.25, 0.3) is 43.8 Å². The van der Waals surface area contributed by atoms with Gasteiger partial charge in [-0.05, 0) is 152 Å². The zero-order valence-electron chi connectivity index (χ0n) is 33.3. The Morgan fingerprint density at radius 3 is 1.43 bits per heavy atom. The molecule has 0 atom stereocenters. The lowest BCUT2D eigenvalue weighted by Crippen LogP contribution is -2.26. The van der Waals surface area contributed by atoms with Crippen molar-refractivity contribution >= 4 is 38.6 Å². The first-order valence-corrected chi connectivity index (χ1v) is 22.1. The average molecular weight is 748 g/mol. The van der Waals surface area contributed by atoms with Gasteiger partial charge < -0.3 is 4.90 Å². The van der Waals surface area contributed by atoms with Gasteiger partial charge in [0.1, 0.15) is 0 Å². The van der Waals surface area contributed by atoms with Gasteiger partial charge >= 0.3 is 0 Å². The maximum atomic E-state index is 2.60. The minimum absolute atomic E-state index is 0.456. The van der Waals surface area contributed by atoms with Crippen molar-refractivity contribution in [3.63, 3.8) is 0 Å². The molecule has 282 valence electrons. The van der Waals surface area contributed by atoms with Crippen molar-refractivity contribution in [1.82, 2.24) is 0 Å². The molecule has 0 aromatic heterocycles. The predicted molar refractivity (Wildman–Crippen MR) is 244 cm³/mol. The Balaban J connectivity index is 1.14. The highest BCUT2D eigenvalue weighted by Crippen LogP contribution is 2.65. The molecule has 0 radical (unpaired) electrons. The van der Waals surface area contributed by atoms with Gasteiger partial charge in [-0.25, -0.2) is 0 Å². The molecule has 0 heterocycles. The van der Waals surface area contributed by atoms with Gasteiger partial charge in [-0.15, -0.1) is 0 Å². The molecule has 4 aliphatic carbocycles. The van der Waals surface area contributed by atoms with Gasteiger partial charge in [-0.1, -0.05) is 160 Å². The molecule has 0 bridgehead atoms. The van der Waals surface area contributed by atoms with Crippen molar-refractivity contribution in [1.29, 1.82) is 0 Å².